The summed E-state index contributed by atoms with van der Waals surface area (Å²) in [7, 11) is 1.91. The predicted octanol–water partition coefficient (Wildman–Crippen LogP) is 3.99. The number of rotatable bonds is 9. The van der Waals surface area contributed by atoms with E-state index in [1.54, 1.807) is 12.4 Å². The van der Waals surface area contributed by atoms with Gasteiger partial charge < -0.3 is 15.0 Å². The average Bonchev–Trinajstić information content (AvgIpc) is 2.75. The third kappa shape index (κ3) is 6.01. The Morgan fingerprint density at radius 1 is 1.10 bits per heavy atom. The van der Waals surface area contributed by atoms with Crippen LogP contribution in [0.1, 0.15) is 25.3 Å². The molecule has 0 radical (unpaired) electrons. The highest BCUT2D eigenvalue weighted by Crippen LogP contribution is 2.24. The van der Waals surface area contributed by atoms with E-state index in [4.69, 9.17) is 4.74 Å². The van der Waals surface area contributed by atoms with Crippen molar-refractivity contribution in [3.05, 3.63) is 60.6 Å². The van der Waals surface area contributed by atoms with E-state index in [2.05, 4.69) is 20.3 Å². The molecule has 1 amide bonds. The molecule has 1 N–H and O–H groups in total. The van der Waals surface area contributed by atoms with Gasteiger partial charge in [-0.05, 0) is 49.2 Å². The molecule has 30 heavy (non-hydrogen) atoms. The summed E-state index contributed by atoms with van der Waals surface area (Å²) in [6.45, 7) is 5.19. The zero-order valence-corrected chi connectivity index (χ0v) is 17.6. The molecule has 0 aliphatic rings. The first kappa shape index (κ1) is 21.2. The van der Waals surface area contributed by atoms with Crippen LogP contribution < -0.4 is 15.0 Å². The van der Waals surface area contributed by atoms with E-state index in [9.17, 15) is 4.79 Å². The van der Waals surface area contributed by atoms with Crippen LogP contribution in [0.15, 0.2) is 55.0 Å². The summed E-state index contributed by atoms with van der Waals surface area (Å²) in [4.78, 5) is 26.7. The molecule has 0 atom stereocenters. The van der Waals surface area contributed by atoms with Crippen molar-refractivity contribution in [1.82, 2.24) is 20.3 Å². The lowest BCUT2D eigenvalue weighted by Crippen LogP contribution is -2.33. The van der Waals surface area contributed by atoms with Crippen molar-refractivity contribution >= 4 is 11.7 Å². The molecule has 2 aromatic heterocycles. The largest absolute Gasteiger partial charge is 0.437 e. The molecule has 7 heteroatoms. The maximum Gasteiger partial charge on any atom is 0.239 e. The van der Waals surface area contributed by atoms with Crippen molar-refractivity contribution < 1.29 is 9.53 Å². The molecule has 0 spiro atoms. The fourth-order valence-electron chi connectivity index (χ4n) is 2.82. The van der Waals surface area contributed by atoms with Gasteiger partial charge in [0.05, 0.1) is 18.1 Å². The van der Waals surface area contributed by atoms with Crippen LogP contribution >= 0.6 is 0 Å². The first-order chi connectivity index (χ1) is 14.5. The van der Waals surface area contributed by atoms with Crippen molar-refractivity contribution in [2.45, 2.75) is 26.7 Å². The second kappa shape index (κ2) is 10.3. The van der Waals surface area contributed by atoms with Crippen LogP contribution in [0.3, 0.4) is 0 Å². The summed E-state index contributed by atoms with van der Waals surface area (Å²) in [5.74, 6) is 1.83. The fraction of sp³-hybridized carbons (Fsp3) is 0.304. The summed E-state index contributed by atoms with van der Waals surface area (Å²) >= 11 is 0. The highest BCUT2D eigenvalue weighted by atomic mass is 16.5. The number of aryl methyl sites for hydroxylation is 1. The van der Waals surface area contributed by atoms with Gasteiger partial charge in [0.1, 0.15) is 5.75 Å². The molecular formula is C23H27N5O2. The number of likely N-dealkylation sites (N-methyl/N-ethyl adjacent to an activating group) is 1. The Hall–Kier alpha value is -3.48. The van der Waals surface area contributed by atoms with E-state index in [0.29, 0.717) is 37.0 Å². The van der Waals surface area contributed by atoms with Gasteiger partial charge >= 0.3 is 0 Å². The lowest BCUT2D eigenvalue weighted by molar-refractivity contribution is -0.121. The van der Waals surface area contributed by atoms with Gasteiger partial charge in [0, 0.05) is 38.3 Å². The topological polar surface area (TPSA) is 80.2 Å². The lowest BCUT2D eigenvalue weighted by atomic mass is 10.1. The van der Waals surface area contributed by atoms with Gasteiger partial charge in [0.2, 0.25) is 11.8 Å². The SMILES string of the molecule is CCCC(=O)NCCN(C)c1cncc(Oc2ccc(-c3ccc(C)cn3)cc2)n1. The average molecular weight is 406 g/mol. The normalized spacial score (nSPS) is 10.5. The monoisotopic (exact) mass is 405 g/mol. The Bertz CT molecular complexity index is 958. The van der Waals surface area contributed by atoms with Gasteiger partial charge in [-0.3, -0.25) is 14.8 Å². The molecule has 0 saturated carbocycles. The van der Waals surface area contributed by atoms with Crippen LogP contribution in [0, 0.1) is 6.92 Å². The molecular weight excluding hydrogens is 378 g/mol. The number of nitrogens with one attached hydrogen (secondary N) is 1. The van der Waals surface area contributed by atoms with E-state index in [1.807, 2.05) is 68.4 Å². The third-order valence-corrected chi connectivity index (χ3v) is 4.52. The van der Waals surface area contributed by atoms with Crippen LogP contribution in [0.5, 0.6) is 11.6 Å². The number of amides is 1. The minimum atomic E-state index is 0.0679. The summed E-state index contributed by atoms with van der Waals surface area (Å²) in [6, 6.07) is 11.8. The third-order valence-electron chi connectivity index (χ3n) is 4.52. The molecule has 0 saturated heterocycles. The van der Waals surface area contributed by atoms with Crippen molar-refractivity contribution in [2.24, 2.45) is 0 Å². The molecule has 0 aliphatic heterocycles. The summed E-state index contributed by atoms with van der Waals surface area (Å²) < 4.78 is 5.86. The summed E-state index contributed by atoms with van der Waals surface area (Å²) in [6.07, 6.45) is 6.50. The van der Waals surface area contributed by atoms with Crippen molar-refractivity contribution in [1.29, 1.82) is 0 Å². The van der Waals surface area contributed by atoms with Crippen LogP contribution in [0.25, 0.3) is 11.3 Å². The molecule has 0 unspecified atom stereocenters. The Kier molecular flexibility index (Phi) is 7.32. The molecule has 3 aromatic rings. The highest BCUT2D eigenvalue weighted by Gasteiger charge is 2.08. The Labute approximate surface area is 177 Å². The predicted molar refractivity (Wildman–Crippen MR) is 118 cm³/mol. The van der Waals surface area contributed by atoms with E-state index in [1.165, 1.54) is 0 Å². The van der Waals surface area contributed by atoms with Crippen molar-refractivity contribution in [3.8, 4) is 22.9 Å². The maximum atomic E-state index is 11.6. The maximum absolute atomic E-state index is 11.6. The number of anilines is 1. The van der Waals surface area contributed by atoms with Crippen LogP contribution in [-0.2, 0) is 4.79 Å². The van der Waals surface area contributed by atoms with Gasteiger partial charge in [-0.15, -0.1) is 0 Å². The Morgan fingerprint density at radius 2 is 1.90 bits per heavy atom. The van der Waals surface area contributed by atoms with Gasteiger partial charge in [0.25, 0.3) is 0 Å². The van der Waals surface area contributed by atoms with Crippen molar-refractivity contribution in [3.63, 3.8) is 0 Å². The first-order valence-corrected chi connectivity index (χ1v) is 10.1. The Morgan fingerprint density at radius 3 is 2.60 bits per heavy atom. The molecule has 7 nitrogen and oxygen atoms in total. The van der Waals surface area contributed by atoms with Crippen LogP contribution in [-0.4, -0.2) is 41.0 Å². The minimum absolute atomic E-state index is 0.0679. The minimum Gasteiger partial charge on any atom is -0.437 e. The van der Waals surface area contributed by atoms with Gasteiger partial charge in [-0.25, -0.2) is 0 Å². The number of carbonyl (C=O) groups excluding carboxylic acids is 1. The molecule has 0 bridgehead atoms. The number of hydrogen-bond acceptors (Lipinski definition) is 6. The fourth-order valence-corrected chi connectivity index (χ4v) is 2.82. The molecule has 0 fully saturated rings. The zero-order valence-electron chi connectivity index (χ0n) is 17.6. The molecule has 3 rings (SSSR count). The Balaban J connectivity index is 1.59. The molecule has 156 valence electrons. The van der Waals surface area contributed by atoms with Crippen LogP contribution in [0.2, 0.25) is 0 Å². The zero-order chi connectivity index (χ0) is 21.3. The highest BCUT2D eigenvalue weighted by molar-refractivity contribution is 5.75. The van der Waals surface area contributed by atoms with E-state index in [-0.39, 0.29) is 5.91 Å². The van der Waals surface area contributed by atoms with Crippen molar-refractivity contribution in [2.75, 3.05) is 25.0 Å². The van der Waals surface area contributed by atoms with E-state index in [0.717, 1.165) is 23.2 Å². The molecule has 0 aliphatic carbocycles. The molecule has 2 heterocycles. The number of carbonyl (C=O) groups is 1. The van der Waals surface area contributed by atoms with E-state index < -0.39 is 0 Å². The number of hydrogen-bond donors (Lipinski definition) is 1. The summed E-state index contributed by atoms with van der Waals surface area (Å²) in [5, 5.41) is 2.90. The number of nitrogens with zero attached hydrogens (tertiary/aromatic N) is 4. The quantitative estimate of drug-likeness (QED) is 0.580. The second-order valence-corrected chi connectivity index (χ2v) is 7.08. The smallest absolute Gasteiger partial charge is 0.239 e. The standard InChI is InChI=1S/C23H27N5O2/c1-4-5-22(29)25-12-13-28(3)21-15-24-16-23(27-21)30-19-9-7-18(8-10-19)20-11-6-17(2)14-26-20/h6-11,14-16H,4-5,12-13H2,1-3H3,(H,25,29). The summed E-state index contributed by atoms with van der Waals surface area (Å²) in [5.41, 5.74) is 3.07. The number of pyridine rings is 1. The van der Waals surface area contributed by atoms with Gasteiger partial charge in [-0.2, -0.15) is 4.98 Å². The number of benzene rings is 1. The number of ether oxygens (including phenoxy) is 1. The second-order valence-electron chi connectivity index (χ2n) is 7.08. The lowest BCUT2D eigenvalue weighted by Gasteiger charge is -2.18. The van der Waals surface area contributed by atoms with Gasteiger partial charge in [-0.1, -0.05) is 13.0 Å². The van der Waals surface area contributed by atoms with Gasteiger partial charge in [0.15, 0.2) is 5.82 Å². The first-order valence-electron chi connectivity index (χ1n) is 10.1. The molecule has 1 aromatic carbocycles. The van der Waals surface area contributed by atoms with E-state index >= 15 is 0 Å². The number of aromatic nitrogens is 3. The van der Waals surface area contributed by atoms with Crippen LogP contribution in [0.4, 0.5) is 5.82 Å².